The second kappa shape index (κ2) is 11.3. The van der Waals surface area contributed by atoms with Crippen LogP contribution in [0.2, 0.25) is 0 Å². The highest BCUT2D eigenvalue weighted by Gasteiger charge is 2.41. The number of ether oxygens (including phenoxy) is 2. The van der Waals surface area contributed by atoms with Crippen molar-refractivity contribution in [3.05, 3.63) is 12.3 Å². The molecule has 33 heavy (non-hydrogen) atoms. The van der Waals surface area contributed by atoms with Crippen molar-refractivity contribution < 1.29 is 27.4 Å². The van der Waals surface area contributed by atoms with Crippen molar-refractivity contribution in [3.63, 3.8) is 0 Å². The Morgan fingerprint density at radius 2 is 1.94 bits per heavy atom. The zero-order chi connectivity index (χ0) is 24.0. The van der Waals surface area contributed by atoms with E-state index in [1.54, 1.807) is 6.20 Å². The molecule has 0 bridgehead atoms. The average Bonchev–Trinajstić information content (AvgIpc) is 2.80. The van der Waals surface area contributed by atoms with E-state index in [0.717, 1.165) is 0 Å². The van der Waals surface area contributed by atoms with Gasteiger partial charge in [-0.15, -0.1) is 0 Å². The van der Waals surface area contributed by atoms with Gasteiger partial charge in [-0.1, -0.05) is 13.0 Å². The fraction of sp³-hybridized carbons (Fsp3) is 0.773. The molecule has 0 aromatic rings. The van der Waals surface area contributed by atoms with Gasteiger partial charge in [-0.25, -0.2) is 4.79 Å². The zero-order valence-electron chi connectivity index (χ0n) is 19.0. The van der Waals surface area contributed by atoms with Crippen molar-refractivity contribution in [1.82, 2.24) is 9.80 Å². The van der Waals surface area contributed by atoms with E-state index in [-0.39, 0.29) is 29.7 Å². The summed E-state index contributed by atoms with van der Waals surface area (Å²) in [6.45, 7) is 5.42. The molecule has 11 heteroatoms. The van der Waals surface area contributed by atoms with Gasteiger partial charge in [0, 0.05) is 50.4 Å². The number of carbonyl (C=O) groups is 1. The van der Waals surface area contributed by atoms with Crippen LogP contribution in [0, 0.1) is 29.1 Å². The molecular weight excluding hydrogens is 439 g/mol. The molecule has 3 N–H and O–H groups in total. The molecule has 2 heterocycles. The number of morpholine rings is 1. The molecular formula is C22H34F3N5O3. The molecule has 3 rings (SSSR count). The van der Waals surface area contributed by atoms with E-state index in [1.807, 2.05) is 22.1 Å². The average molecular weight is 474 g/mol. The van der Waals surface area contributed by atoms with E-state index in [4.69, 9.17) is 15.9 Å². The van der Waals surface area contributed by atoms with Crippen LogP contribution in [0.1, 0.15) is 32.6 Å². The van der Waals surface area contributed by atoms with E-state index < -0.39 is 18.3 Å². The maximum Gasteiger partial charge on any atom is 0.439 e. The van der Waals surface area contributed by atoms with E-state index >= 15 is 0 Å². The number of hydrogen-bond acceptors (Lipinski definition) is 6. The van der Waals surface area contributed by atoms with Gasteiger partial charge in [0.2, 0.25) is 6.23 Å². The van der Waals surface area contributed by atoms with E-state index in [1.165, 1.54) is 0 Å². The summed E-state index contributed by atoms with van der Waals surface area (Å²) in [5.41, 5.74) is 5.00. The minimum Gasteiger partial charge on any atom is -0.453 e. The molecule has 2 aliphatic heterocycles. The Kier molecular flexibility index (Phi) is 8.75. The molecule has 0 aromatic heterocycles. The largest absolute Gasteiger partial charge is 0.453 e. The van der Waals surface area contributed by atoms with Crippen molar-refractivity contribution in [2.45, 2.75) is 45.0 Å². The Morgan fingerprint density at radius 1 is 1.27 bits per heavy atom. The van der Waals surface area contributed by atoms with Crippen LogP contribution in [0.3, 0.4) is 0 Å². The van der Waals surface area contributed by atoms with Crippen molar-refractivity contribution in [2.75, 3.05) is 39.4 Å². The monoisotopic (exact) mass is 473 g/mol. The SMILES string of the molecule is CC1C=NC=CC1CN(CC1CCC(C(=N)OC(N)C(F)(F)F)CC1)C(=O)N1CCOCC1. The molecule has 1 saturated carbocycles. The van der Waals surface area contributed by atoms with Crippen molar-refractivity contribution in [1.29, 1.82) is 5.41 Å². The van der Waals surface area contributed by atoms with Crippen molar-refractivity contribution in [2.24, 2.45) is 34.4 Å². The highest BCUT2D eigenvalue weighted by atomic mass is 19.4. The second-order valence-corrected chi connectivity index (χ2v) is 9.11. The number of carbonyl (C=O) groups excluding carboxylic acids is 1. The van der Waals surface area contributed by atoms with Gasteiger partial charge in [0.05, 0.1) is 13.2 Å². The summed E-state index contributed by atoms with van der Waals surface area (Å²) in [6.07, 6.45) is 1.03. The number of aliphatic imine (C=N–C) groups is 1. The van der Waals surface area contributed by atoms with Crippen LogP contribution < -0.4 is 5.73 Å². The first kappa shape index (κ1) is 25.5. The van der Waals surface area contributed by atoms with Gasteiger partial charge in [-0.05, 0) is 37.5 Å². The first-order chi connectivity index (χ1) is 15.6. The number of rotatable bonds is 6. The number of alkyl halides is 3. The van der Waals surface area contributed by atoms with Crippen LogP contribution in [-0.4, -0.2) is 79.7 Å². The third-order valence-corrected chi connectivity index (χ3v) is 6.67. The van der Waals surface area contributed by atoms with Crippen molar-refractivity contribution in [3.8, 4) is 0 Å². The molecule has 186 valence electrons. The smallest absolute Gasteiger partial charge is 0.439 e. The molecule has 2 fully saturated rings. The summed E-state index contributed by atoms with van der Waals surface area (Å²) in [4.78, 5) is 21.2. The summed E-state index contributed by atoms with van der Waals surface area (Å²) in [5.74, 6) is -0.169. The summed E-state index contributed by atoms with van der Waals surface area (Å²) in [5, 5.41) is 7.89. The van der Waals surface area contributed by atoms with Crippen LogP contribution in [0.25, 0.3) is 0 Å². The predicted octanol–water partition coefficient (Wildman–Crippen LogP) is 3.24. The van der Waals surface area contributed by atoms with Crippen LogP contribution in [0.5, 0.6) is 0 Å². The Bertz CT molecular complexity index is 731. The quantitative estimate of drug-likeness (QED) is 0.351. The Hall–Kier alpha value is -2.14. The number of amides is 2. The van der Waals surface area contributed by atoms with Gasteiger partial charge in [-0.2, -0.15) is 13.2 Å². The van der Waals surface area contributed by atoms with Gasteiger partial charge in [-0.3, -0.25) is 16.1 Å². The Labute approximate surface area is 192 Å². The minimum absolute atomic E-state index is 0.00392. The van der Waals surface area contributed by atoms with Crippen LogP contribution in [-0.2, 0) is 9.47 Å². The molecule has 1 aliphatic carbocycles. The number of nitrogens with two attached hydrogens (primary N) is 1. The molecule has 0 radical (unpaired) electrons. The summed E-state index contributed by atoms with van der Waals surface area (Å²) < 4.78 is 47.9. The van der Waals surface area contributed by atoms with Crippen LogP contribution in [0.4, 0.5) is 18.0 Å². The molecule has 8 nitrogen and oxygen atoms in total. The number of urea groups is 1. The topological polar surface area (TPSA) is 104 Å². The van der Waals surface area contributed by atoms with Crippen LogP contribution >= 0.6 is 0 Å². The summed E-state index contributed by atoms with van der Waals surface area (Å²) >= 11 is 0. The number of hydrogen-bond donors (Lipinski definition) is 2. The maximum absolute atomic E-state index is 13.3. The number of halogens is 3. The molecule has 2 amide bonds. The molecule has 3 unspecified atom stereocenters. The van der Waals surface area contributed by atoms with E-state index in [0.29, 0.717) is 65.1 Å². The fourth-order valence-corrected chi connectivity index (χ4v) is 4.52. The Morgan fingerprint density at radius 3 is 2.55 bits per heavy atom. The minimum atomic E-state index is -4.70. The van der Waals surface area contributed by atoms with E-state index in [9.17, 15) is 18.0 Å². The third kappa shape index (κ3) is 7.17. The summed E-state index contributed by atoms with van der Waals surface area (Å²) in [7, 11) is 0. The highest BCUT2D eigenvalue weighted by Crippen LogP contribution is 2.32. The van der Waals surface area contributed by atoms with Gasteiger partial charge in [0.25, 0.3) is 0 Å². The van der Waals surface area contributed by atoms with Gasteiger partial charge < -0.3 is 19.3 Å². The lowest BCUT2D eigenvalue weighted by Gasteiger charge is -2.38. The Balaban J connectivity index is 1.57. The molecule has 0 spiro atoms. The molecule has 3 atom stereocenters. The lowest BCUT2D eigenvalue weighted by molar-refractivity contribution is -0.198. The summed E-state index contributed by atoms with van der Waals surface area (Å²) in [6, 6.07) is -0.00392. The molecule has 0 aromatic carbocycles. The normalized spacial score (nSPS) is 28.9. The first-order valence-corrected chi connectivity index (χ1v) is 11.5. The van der Waals surface area contributed by atoms with Crippen molar-refractivity contribution >= 4 is 18.1 Å². The van der Waals surface area contributed by atoms with Gasteiger partial charge >= 0.3 is 12.2 Å². The standard InChI is InChI=1S/C22H34F3N5O3/c1-15-12-28-7-6-18(15)14-30(21(31)29-8-10-32-11-9-29)13-16-2-4-17(5-3-16)19(26)33-20(27)22(23,24)25/h6-7,12,15-18,20,26H,2-5,8-11,13-14,27H2,1H3. The van der Waals surface area contributed by atoms with E-state index in [2.05, 4.69) is 16.7 Å². The fourth-order valence-electron chi connectivity index (χ4n) is 4.52. The number of nitrogens with one attached hydrogen (secondary N) is 1. The predicted molar refractivity (Wildman–Crippen MR) is 118 cm³/mol. The first-order valence-electron chi connectivity index (χ1n) is 11.5. The van der Waals surface area contributed by atoms with Crippen LogP contribution in [0.15, 0.2) is 17.3 Å². The lowest BCUT2D eigenvalue weighted by Crippen LogP contribution is -2.51. The lowest BCUT2D eigenvalue weighted by atomic mass is 9.81. The maximum atomic E-state index is 13.3. The molecule has 1 saturated heterocycles. The van der Waals surface area contributed by atoms with Gasteiger partial charge in [0.1, 0.15) is 0 Å². The second-order valence-electron chi connectivity index (χ2n) is 9.11. The highest BCUT2D eigenvalue weighted by molar-refractivity contribution is 5.76. The zero-order valence-corrected chi connectivity index (χ0v) is 19.0. The van der Waals surface area contributed by atoms with Gasteiger partial charge in [0.15, 0.2) is 5.90 Å². The molecule has 3 aliphatic rings. The third-order valence-electron chi connectivity index (χ3n) is 6.67. The number of nitrogens with zero attached hydrogens (tertiary/aromatic N) is 3.